The number of carbonyl (C=O) groups excluding carboxylic acids is 2. The van der Waals surface area contributed by atoms with E-state index in [1.807, 2.05) is 5.32 Å². The van der Waals surface area contributed by atoms with Gasteiger partial charge in [0, 0.05) is 12.1 Å². The normalized spacial score (nSPS) is 18.3. The molecule has 28 heavy (non-hydrogen) atoms. The molecular formula is C17H13F3N4O4. The highest BCUT2D eigenvalue weighted by atomic mass is 19.4. The zero-order chi connectivity index (χ0) is 20.7. The predicted octanol–water partition coefficient (Wildman–Crippen LogP) is 0.862. The lowest BCUT2D eigenvalue weighted by molar-refractivity contribution is -0.196. The molecule has 2 heterocycles. The van der Waals surface area contributed by atoms with Gasteiger partial charge < -0.3 is 10.6 Å². The molecule has 1 aliphatic rings. The standard InChI is InChI=1S/C17H13F3N4O4/c1-2-8-24-11-10(13(26)22-15(24)28)16(14(27)21-11,17(18,19)20)23-12(25)9-6-4-3-5-7-9/h2-7H,1,8H2,(H,21,27)(H,23,25)(H,22,26,28)/t16-/m0/s1. The molecule has 2 aromatic rings. The van der Waals surface area contributed by atoms with Crippen LogP contribution in [-0.4, -0.2) is 27.5 Å². The molecule has 1 aromatic carbocycles. The number of nitrogens with one attached hydrogen (secondary N) is 3. The van der Waals surface area contributed by atoms with Gasteiger partial charge in [0.25, 0.3) is 22.9 Å². The number of rotatable bonds is 4. The maximum absolute atomic E-state index is 14.1. The number of anilines is 1. The molecule has 0 fully saturated rings. The van der Waals surface area contributed by atoms with Crippen molar-refractivity contribution in [3.63, 3.8) is 0 Å². The van der Waals surface area contributed by atoms with Crippen LogP contribution in [0.4, 0.5) is 19.0 Å². The number of benzene rings is 1. The summed E-state index contributed by atoms with van der Waals surface area (Å²) in [6.07, 6.45) is -4.18. The summed E-state index contributed by atoms with van der Waals surface area (Å²) in [5.74, 6) is -3.57. The van der Waals surface area contributed by atoms with E-state index in [4.69, 9.17) is 0 Å². The molecule has 0 unspecified atom stereocenters. The molecular weight excluding hydrogens is 381 g/mol. The lowest BCUT2D eigenvalue weighted by Crippen LogP contribution is -2.62. The van der Waals surface area contributed by atoms with Crippen LogP contribution in [0.1, 0.15) is 15.9 Å². The number of hydrogen-bond donors (Lipinski definition) is 3. The number of amides is 2. The zero-order valence-corrected chi connectivity index (χ0v) is 14.1. The molecule has 0 aliphatic carbocycles. The molecule has 0 saturated heterocycles. The summed E-state index contributed by atoms with van der Waals surface area (Å²) in [4.78, 5) is 50.8. The Kier molecular flexibility index (Phi) is 4.45. The van der Waals surface area contributed by atoms with Crippen LogP contribution in [0.3, 0.4) is 0 Å². The van der Waals surface area contributed by atoms with E-state index in [9.17, 15) is 32.3 Å². The van der Waals surface area contributed by atoms with Crippen LogP contribution in [0.2, 0.25) is 0 Å². The van der Waals surface area contributed by atoms with Gasteiger partial charge in [-0.15, -0.1) is 6.58 Å². The lowest BCUT2D eigenvalue weighted by atomic mass is 9.91. The Morgan fingerprint density at radius 3 is 2.43 bits per heavy atom. The molecule has 0 bridgehead atoms. The van der Waals surface area contributed by atoms with Crippen LogP contribution in [0, 0.1) is 0 Å². The first-order valence-electron chi connectivity index (χ1n) is 7.87. The minimum absolute atomic E-state index is 0.150. The fraction of sp³-hybridized carbons (Fsp3) is 0.176. The third-order valence-corrected chi connectivity index (χ3v) is 4.22. The Balaban J connectivity index is 2.27. The molecule has 2 amide bonds. The molecule has 0 saturated carbocycles. The summed E-state index contributed by atoms with van der Waals surface area (Å²) in [5.41, 5.74) is -7.40. The maximum Gasteiger partial charge on any atom is 0.425 e. The average Bonchev–Trinajstić information content (AvgIpc) is 2.93. The van der Waals surface area contributed by atoms with Gasteiger partial charge in [-0.3, -0.25) is 23.9 Å². The highest BCUT2D eigenvalue weighted by Crippen LogP contribution is 2.45. The van der Waals surface area contributed by atoms with Crippen molar-refractivity contribution in [2.24, 2.45) is 0 Å². The van der Waals surface area contributed by atoms with Gasteiger partial charge in [0.05, 0.1) is 0 Å². The van der Waals surface area contributed by atoms with Crippen molar-refractivity contribution < 1.29 is 22.8 Å². The summed E-state index contributed by atoms with van der Waals surface area (Å²) in [7, 11) is 0. The number of hydrogen-bond acceptors (Lipinski definition) is 4. The van der Waals surface area contributed by atoms with Gasteiger partial charge >= 0.3 is 11.9 Å². The number of nitrogens with zero attached hydrogens (tertiary/aromatic N) is 1. The van der Waals surface area contributed by atoms with Gasteiger partial charge in [0.2, 0.25) is 0 Å². The number of aromatic amines is 1. The topological polar surface area (TPSA) is 113 Å². The Morgan fingerprint density at radius 2 is 1.86 bits per heavy atom. The third kappa shape index (κ3) is 2.71. The molecule has 8 nitrogen and oxygen atoms in total. The van der Waals surface area contributed by atoms with Crippen LogP contribution < -0.4 is 21.9 Å². The molecule has 1 aromatic heterocycles. The number of carbonyl (C=O) groups is 2. The van der Waals surface area contributed by atoms with E-state index in [0.717, 1.165) is 0 Å². The zero-order valence-electron chi connectivity index (χ0n) is 14.1. The van der Waals surface area contributed by atoms with Crippen LogP contribution in [0.25, 0.3) is 0 Å². The number of halogens is 3. The van der Waals surface area contributed by atoms with Gasteiger partial charge in [-0.25, -0.2) is 4.79 Å². The van der Waals surface area contributed by atoms with E-state index in [1.54, 1.807) is 16.4 Å². The van der Waals surface area contributed by atoms with Crippen LogP contribution in [0.15, 0.2) is 52.6 Å². The number of fused-ring (bicyclic) bond motifs is 1. The molecule has 3 rings (SSSR count). The molecule has 146 valence electrons. The second-order valence-corrected chi connectivity index (χ2v) is 5.90. The van der Waals surface area contributed by atoms with E-state index < -0.39 is 46.2 Å². The highest BCUT2D eigenvalue weighted by Gasteiger charge is 2.68. The average molecular weight is 394 g/mol. The largest absolute Gasteiger partial charge is 0.425 e. The van der Waals surface area contributed by atoms with E-state index in [1.165, 1.54) is 30.3 Å². The van der Waals surface area contributed by atoms with Gasteiger partial charge in [-0.2, -0.15) is 13.2 Å². The second kappa shape index (κ2) is 6.51. The fourth-order valence-corrected chi connectivity index (χ4v) is 2.96. The first-order valence-corrected chi connectivity index (χ1v) is 7.87. The van der Waals surface area contributed by atoms with Gasteiger partial charge in [0.1, 0.15) is 11.4 Å². The first kappa shape index (κ1) is 19.1. The van der Waals surface area contributed by atoms with Gasteiger partial charge in [-0.1, -0.05) is 24.3 Å². The van der Waals surface area contributed by atoms with Crippen molar-refractivity contribution in [3.05, 3.63) is 75.0 Å². The fourth-order valence-electron chi connectivity index (χ4n) is 2.96. The van der Waals surface area contributed by atoms with Crippen LogP contribution >= 0.6 is 0 Å². The number of H-pyrrole nitrogens is 1. The first-order chi connectivity index (χ1) is 13.1. The molecule has 0 spiro atoms. The van der Waals surface area contributed by atoms with Gasteiger partial charge in [0.15, 0.2) is 0 Å². The summed E-state index contributed by atoms with van der Waals surface area (Å²) < 4.78 is 43.0. The summed E-state index contributed by atoms with van der Waals surface area (Å²) in [6.45, 7) is 3.10. The van der Waals surface area contributed by atoms with Crippen LogP contribution in [-0.2, 0) is 16.9 Å². The predicted molar refractivity (Wildman–Crippen MR) is 91.8 cm³/mol. The SMILES string of the molecule is C=CCn1c2c(c(=O)[nH]c1=O)[C@@](NC(=O)c1ccccc1)(C(F)(F)F)C(=O)N2. The van der Waals surface area contributed by atoms with E-state index >= 15 is 0 Å². The number of aromatic nitrogens is 2. The number of alkyl halides is 3. The smallest absolute Gasteiger partial charge is 0.326 e. The molecule has 3 N–H and O–H groups in total. The van der Waals surface area contributed by atoms with Crippen molar-refractivity contribution >= 4 is 17.6 Å². The quantitative estimate of drug-likeness (QED) is 0.668. The molecule has 0 radical (unpaired) electrons. The Hall–Kier alpha value is -3.63. The minimum atomic E-state index is -5.38. The van der Waals surface area contributed by atoms with Crippen molar-refractivity contribution in [2.45, 2.75) is 18.3 Å². The lowest BCUT2D eigenvalue weighted by Gasteiger charge is -2.30. The molecule has 11 heteroatoms. The Bertz CT molecular complexity index is 1090. The third-order valence-electron chi connectivity index (χ3n) is 4.22. The van der Waals surface area contributed by atoms with Crippen molar-refractivity contribution in [1.82, 2.24) is 14.9 Å². The molecule has 1 atom stereocenters. The minimum Gasteiger partial charge on any atom is -0.326 e. The molecule has 1 aliphatic heterocycles. The van der Waals surface area contributed by atoms with E-state index in [0.29, 0.717) is 4.57 Å². The van der Waals surface area contributed by atoms with E-state index in [-0.39, 0.29) is 12.1 Å². The second-order valence-electron chi connectivity index (χ2n) is 5.90. The number of allylic oxidation sites excluding steroid dienone is 1. The van der Waals surface area contributed by atoms with E-state index in [2.05, 4.69) is 6.58 Å². The summed E-state index contributed by atoms with van der Waals surface area (Å²) in [5, 5.41) is 3.56. The van der Waals surface area contributed by atoms with Crippen LogP contribution in [0.5, 0.6) is 0 Å². The maximum atomic E-state index is 14.1. The van der Waals surface area contributed by atoms with Crippen molar-refractivity contribution in [2.75, 3.05) is 5.32 Å². The summed E-state index contributed by atoms with van der Waals surface area (Å²) >= 11 is 0. The van der Waals surface area contributed by atoms with Crippen molar-refractivity contribution in [1.29, 1.82) is 0 Å². The Labute approximate surface area is 154 Å². The van der Waals surface area contributed by atoms with Crippen molar-refractivity contribution in [3.8, 4) is 0 Å². The van der Waals surface area contributed by atoms with Gasteiger partial charge in [-0.05, 0) is 12.1 Å². The highest BCUT2D eigenvalue weighted by molar-refractivity contribution is 6.09. The Morgan fingerprint density at radius 1 is 1.21 bits per heavy atom. The monoisotopic (exact) mass is 394 g/mol. The summed E-state index contributed by atoms with van der Waals surface area (Å²) in [6, 6.07) is 6.89.